The van der Waals surface area contributed by atoms with Gasteiger partial charge >= 0.3 is 0 Å². The first kappa shape index (κ1) is 13.1. The summed E-state index contributed by atoms with van der Waals surface area (Å²) in [6.45, 7) is 2.08. The minimum atomic E-state index is 0.436. The number of H-pyrrole nitrogens is 1. The van der Waals surface area contributed by atoms with E-state index in [2.05, 4.69) is 26.6 Å². The highest BCUT2D eigenvalue weighted by Crippen LogP contribution is 2.22. The summed E-state index contributed by atoms with van der Waals surface area (Å²) in [4.78, 5) is 4.64. The molecule has 1 atom stereocenters. The number of benzene rings is 1. The van der Waals surface area contributed by atoms with Gasteiger partial charge < -0.3 is 10.1 Å². The lowest BCUT2D eigenvalue weighted by atomic mass is 9.99. The van der Waals surface area contributed by atoms with Gasteiger partial charge in [0.2, 0.25) is 0 Å². The van der Waals surface area contributed by atoms with Crippen molar-refractivity contribution in [3.63, 3.8) is 0 Å². The Labute approximate surface area is 118 Å². The molecule has 5 nitrogen and oxygen atoms in total. The van der Waals surface area contributed by atoms with Crippen molar-refractivity contribution in [3.05, 3.63) is 41.5 Å². The zero-order valence-corrected chi connectivity index (χ0v) is 11.7. The first-order valence-electron chi connectivity index (χ1n) is 7.10. The Morgan fingerprint density at radius 1 is 1.35 bits per heavy atom. The third-order valence-electron chi connectivity index (χ3n) is 3.76. The topological polar surface area (TPSA) is 62.8 Å². The van der Waals surface area contributed by atoms with Gasteiger partial charge in [-0.05, 0) is 25.5 Å². The summed E-state index contributed by atoms with van der Waals surface area (Å²) in [5.74, 6) is 3.16. The standard InChI is InChI=1S/C15H20N4O/c1-20-13-7-3-2-5-11(13)9-14-17-15(19-18-14)12-6-4-8-16-10-12/h2-3,5,7,12,16H,4,6,8-10H2,1H3,(H,17,18,19). The van der Waals surface area contributed by atoms with Crippen LogP contribution in [0.5, 0.6) is 5.75 Å². The zero-order valence-electron chi connectivity index (χ0n) is 11.7. The fraction of sp³-hybridized carbons (Fsp3) is 0.467. The third kappa shape index (κ3) is 2.82. The molecule has 0 aliphatic carbocycles. The lowest BCUT2D eigenvalue weighted by Gasteiger charge is -2.19. The molecule has 0 radical (unpaired) electrons. The number of nitrogens with zero attached hydrogens (tertiary/aromatic N) is 2. The van der Waals surface area contributed by atoms with Crippen molar-refractivity contribution in [2.45, 2.75) is 25.2 Å². The van der Waals surface area contributed by atoms with Gasteiger partial charge in [0.25, 0.3) is 0 Å². The molecule has 1 unspecified atom stereocenters. The maximum atomic E-state index is 5.37. The summed E-state index contributed by atoms with van der Waals surface area (Å²) in [5.41, 5.74) is 1.12. The van der Waals surface area contributed by atoms with E-state index in [1.165, 1.54) is 12.8 Å². The molecule has 1 aliphatic heterocycles. The molecular weight excluding hydrogens is 252 g/mol. The van der Waals surface area contributed by atoms with Gasteiger partial charge in [-0.2, -0.15) is 5.10 Å². The average molecular weight is 272 g/mol. The average Bonchev–Trinajstić information content (AvgIpc) is 2.97. The SMILES string of the molecule is COc1ccccc1Cc1nc(C2CCCNC2)n[nH]1. The number of piperidine rings is 1. The first-order chi connectivity index (χ1) is 9.86. The van der Waals surface area contributed by atoms with Crippen molar-refractivity contribution < 1.29 is 4.74 Å². The van der Waals surface area contributed by atoms with Crippen molar-refractivity contribution in [2.24, 2.45) is 0 Å². The summed E-state index contributed by atoms with van der Waals surface area (Å²) in [7, 11) is 1.69. The van der Waals surface area contributed by atoms with Gasteiger partial charge in [-0.25, -0.2) is 4.98 Å². The van der Waals surface area contributed by atoms with E-state index < -0.39 is 0 Å². The monoisotopic (exact) mass is 272 g/mol. The zero-order chi connectivity index (χ0) is 13.8. The smallest absolute Gasteiger partial charge is 0.155 e. The maximum Gasteiger partial charge on any atom is 0.155 e. The molecule has 1 aromatic heterocycles. The van der Waals surface area contributed by atoms with E-state index in [-0.39, 0.29) is 0 Å². The highest BCUT2D eigenvalue weighted by Gasteiger charge is 2.19. The van der Waals surface area contributed by atoms with Crippen molar-refractivity contribution in [1.29, 1.82) is 0 Å². The Kier molecular flexibility index (Phi) is 3.97. The summed E-state index contributed by atoms with van der Waals surface area (Å²) < 4.78 is 5.37. The van der Waals surface area contributed by atoms with Crippen LogP contribution in [-0.4, -0.2) is 35.4 Å². The number of aromatic amines is 1. The summed E-state index contributed by atoms with van der Waals surface area (Å²) in [6, 6.07) is 8.02. The maximum absolute atomic E-state index is 5.37. The van der Waals surface area contributed by atoms with Crippen molar-refractivity contribution >= 4 is 0 Å². The largest absolute Gasteiger partial charge is 0.496 e. The van der Waals surface area contributed by atoms with Crippen LogP contribution < -0.4 is 10.1 Å². The Balaban J connectivity index is 1.73. The molecule has 3 rings (SSSR count). The second-order valence-electron chi connectivity index (χ2n) is 5.17. The van der Waals surface area contributed by atoms with E-state index in [1.807, 2.05) is 18.2 Å². The molecule has 0 amide bonds. The van der Waals surface area contributed by atoms with Crippen LogP contribution in [0.15, 0.2) is 24.3 Å². The quantitative estimate of drug-likeness (QED) is 0.892. The number of hydrogen-bond donors (Lipinski definition) is 2. The van der Waals surface area contributed by atoms with E-state index in [4.69, 9.17) is 4.74 Å². The predicted molar refractivity (Wildman–Crippen MR) is 77.0 cm³/mol. The van der Waals surface area contributed by atoms with Crippen molar-refractivity contribution in [1.82, 2.24) is 20.5 Å². The van der Waals surface area contributed by atoms with E-state index >= 15 is 0 Å². The molecule has 2 aromatic rings. The lowest BCUT2D eigenvalue weighted by Crippen LogP contribution is -2.28. The normalized spacial score (nSPS) is 18.9. The van der Waals surface area contributed by atoms with Gasteiger partial charge in [0.1, 0.15) is 11.6 Å². The third-order valence-corrected chi connectivity index (χ3v) is 3.76. The molecule has 0 saturated carbocycles. The van der Waals surface area contributed by atoms with E-state index in [1.54, 1.807) is 7.11 Å². The fourth-order valence-corrected chi connectivity index (χ4v) is 2.67. The number of rotatable bonds is 4. The lowest BCUT2D eigenvalue weighted by molar-refractivity contribution is 0.410. The van der Waals surface area contributed by atoms with Crippen LogP contribution in [0, 0.1) is 0 Å². The molecule has 5 heteroatoms. The number of hydrogen-bond acceptors (Lipinski definition) is 4. The summed E-state index contributed by atoms with van der Waals surface area (Å²) in [6.07, 6.45) is 3.08. The predicted octanol–water partition coefficient (Wildman–Crippen LogP) is 1.87. The molecule has 1 aliphatic rings. The van der Waals surface area contributed by atoms with Gasteiger partial charge in [0.05, 0.1) is 7.11 Å². The van der Waals surface area contributed by atoms with Gasteiger partial charge in [-0.3, -0.25) is 5.10 Å². The number of aromatic nitrogens is 3. The van der Waals surface area contributed by atoms with Crippen molar-refractivity contribution in [3.8, 4) is 5.75 Å². The summed E-state index contributed by atoms with van der Waals surface area (Å²) >= 11 is 0. The van der Waals surface area contributed by atoms with Crippen LogP contribution in [0.25, 0.3) is 0 Å². The van der Waals surface area contributed by atoms with E-state index in [0.29, 0.717) is 5.92 Å². The fourth-order valence-electron chi connectivity index (χ4n) is 2.67. The minimum absolute atomic E-state index is 0.436. The van der Waals surface area contributed by atoms with E-state index in [0.717, 1.165) is 42.5 Å². The number of nitrogens with one attached hydrogen (secondary N) is 2. The van der Waals surface area contributed by atoms with Crippen LogP contribution in [0.1, 0.15) is 36.0 Å². The Morgan fingerprint density at radius 2 is 2.25 bits per heavy atom. The Morgan fingerprint density at radius 3 is 3.05 bits per heavy atom. The van der Waals surface area contributed by atoms with Crippen LogP contribution >= 0.6 is 0 Å². The van der Waals surface area contributed by atoms with Gasteiger partial charge in [0, 0.05) is 24.4 Å². The number of para-hydroxylation sites is 1. The number of methoxy groups -OCH3 is 1. The highest BCUT2D eigenvalue weighted by atomic mass is 16.5. The van der Waals surface area contributed by atoms with E-state index in [9.17, 15) is 0 Å². The molecule has 1 aromatic carbocycles. The minimum Gasteiger partial charge on any atom is -0.496 e. The Bertz CT molecular complexity index is 561. The van der Waals surface area contributed by atoms with Crippen LogP contribution in [0.3, 0.4) is 0 Å². The van der Waals surface area contributed by atoms with Crippen LogP contribution in [-0.2, 0) is 6.42 Å². The molecule has 20 heavy (non-hydrogen) atoms. The molecule has 0 spiro atoms. The Hall–Kier alpha value is -1.88. The molecular formula is C15H20N4O. The molecule has 1 fully saturated rings. The summed E-state index contributed by atoms with van der Waals surface area (Å²) in [5, 5.41) is 10.8. The van der Waals surface area contributed by atoms with Crippen LogP contribution in [0.4, 0.5) is 0 Å². The molecule has 1 saturated heterocycles. The second-order valence-corrected chi connectivity index (χ2v) is 5.17. The molecule has 2 heterocycles. The van der Waals surface area contributed by atoms with Crippen molar-refractivity contribution in [2.75, 3.05) is 20.2 Å². The van der Waals surface area contributed by atoms with Gasteiger partial charge in [0.15, 0.2) is 5.82 Å². The van der Waals surface area contributed by atoms with Gasteiger partial charge in [-0.1, -0.05) is 18.2 Å². The molecule has 106 valence electrons. The second kappa shape index (κ2) is 6.05. The highest BCUT2D eigenvalue weighted by molar-refractivity contribution is 5.35. The number of ether oxygens (including phenoxy) is 1. The van der Waals surface area contributed by atoms with Gasteiger partial charge in [-0.15, -0.1) is 0 Å². The molecule has 2 N–H and O–H groups in total. The first-order valence-corrected chi connectivity index (χ1v) is 7.10. The van der Waals surface area contributed by atoms with Crippen LogP contribution in [0.2, 0.25) is 0 Å². The molecule has 0 bridgehead atoms.